The number of thiophene rings is 1. The molecule has 10 aromatic rings. The fourth-order valence-electron chi connectivity index (χ4n) is 8.41. The highest BCUT2D eigenvalue weighted by Gasteiger charge is 2.44. The molecule has 6 heteroatoms. The molecule has 11 rings (SSSR count). The Labute approximate surface area is 299 Å². The maximum absolute atomic E-state index is 5.34. The van der Waals surface area contributed by atoms with E-state index in [4.69, 9.17) is 4.98 Å². The van der Waals surface area contributed by atoms with Crippen molar-refractivity contribution < 1.29 is 0 Å². The van der Waals surface area contributed by atoms with Crippen LogP contribution in [0.3, 0.4) is 0 Å². The highest BCUT2D eigenvalue weighted by molar-refractivity contribution is 7.26. The van der Waals surface area contributed by atoms with Gasteiger partial charge in [0, 0.05) is 33.0 Å². The van der Waals surface area contributed by atoms with E-state index in [1.165, 1.54) is 58.4 Å². The van der Waals surface area contributed by atoms with Gasteiger partial charge in [0.2, 0.25) is 0 Å². The molecule has 0 unspecified atom stereocenters. The lowest BCUT2D eigenvalue weighted by atomic mass is 9.35. The molecule has 5 heterocycles. The minimum absolute atomic E-state index is 0.0428. The molecule has 0 saturated carbocycles. The van der Waals surface area contributed by atoms with Crippen LogP contribution in [0, 0.1) is 0 Å². The van der Waals surface area contributed by atoms with E-state index in [2.05, 4.69) is 184 Å². The Morgan fingerprint density at radius 1 is 0.451 bits per heavy atom. The van der Waals surface area contributed by atoms with Crippen LogP contribution in [0.4, 0.5) is 17.5 Å². The summed E-state index contributed by atoms with van der Waals surface area (Å²) >= 11 is 1.82. The minimum atomic E-state index is -0.0428. The molecule has 0 radical (unpaired) electrons. The fourth-order valence-corrected chi connectivity index (χ4v) is 9.59. The van der Waals surface area contributed by atoms with Crippen LogP contribution in [-0.2, 0) is 0 Å². The summed E-state index contributed by atoms with van der Waals surface area (Å²) in [7, 11) is 0. The number of hydrogen-bond donors (Lipinski definition) is 0. The van der Waals surface area contributed by atoms with Crippen molar-refractivity contribution in [3.63, 3.8) is 0 Å². The van der Waals surface area contributed by atoms with Crippen molar-refractivity contribution >= 4 is 93.9 Å². The van der Waals surface area contributed by atoms with Crippen LogP contribution in [-0.4, -0.2) is 20.8 Å². The second-order valence-electron chi connectivity index (χ2n) is 13.1. The monoisotopic (exact) mass is 668 g/mol. The van der Waals surface area contributed by atoms with Gasteiger partial charge in [0.1, 0.15) is 11.6 Å². The molecular formula is C45H29BN4S. The lowest BCUT2D eigenvalue weighted by Gasteiger charge is -2.35. The van der Waals surface area contributed by atoms with Crippen LogP contribution in [0.25, 0.3) is 53.4 Å². The Kier molecular flexibility index (Phi) is 6.18. The van der Waals surface area contributed by atoms with Crippen LogP contribution in [0.5, 0.6) is 0 Å². The standard InChI is InChI=1S/C45H29BN4S/c1-4-16-30(17-5-1)46-40-35-23-10-13-25-37(35)48(31-18-6-2-7-19-31)44(40)50(43-42-34(28-29-47-43)33-22-12-15-27-39(33)51-42)45-41(46)36-24-11-14-26-38(36)49(45)32-20-8-3-9-21-32/h1-29H. The highest BCUT2D eigenvalue weighted by atomic mass is 32.1. The van der Waals surface area contributed by atoms with Crippen LogP contribution >= 0.6 is 11.3 Å². The first-order chi connectivity index (χ1) is 25.4. The molecule has 51 heavy (non-hydrogen) atoms. The Balaban J connectivity index is 1.40. The number of hydrogen-bond acceptors (Lipinski definition) is 3. The van der Waals surface area contributed by atoms with E-state index in [1.54, 1.807) is 0 Å². The van der Waals surface area contributed by atoms with E-state index in [9.17, 15) is 0 Å². The molecule has 0 spiro atoms. The average molecular weight is 669 g/mol. The lowest BCUT2D eigenvalue weighted by molar-refractivity contribution is 1.01. The SMILES string of the molecule is c1ccc(B2c3c(n(-c4ccccc4)c4ccccc34)N(c3nccc4c3sc3ccccc34)c3c2c2ccccc2n3-c2ccccc2)cc1. The summed E-state index contributed by atoms with van der Waals surface area (Å²) in [6.45, 7) is -0.0428. The molecule has 0 N–H and O–H groups in total. The normalized spacial score (nSPS) is 12.6. The van der Waals surface area contributed by atoms with E-state index in [-0.39, 0.29) is 6.71 Å². The number of aromatic nitrogens is 3. The van der Waals surface area contributed by atoms with Gasteiger partial charge in [-0.3, -0.25) is 14.0 Å². The van der Waals surface area contributed by atoms with Gasteiger partial charge < -0.3 is 0 Å². The number of fused-ring (bicyclic) bond motifs is 9. The number of pyridine rings is 1. The summed E-state index contributed by atoms with van der Waals surface area (Å²) < 4.78 is 7.35. The molecule has 238 valence electrons. The van der Waals surface area contributed by atoms with Crippen molar-refractivity contribution in [3.05, 3.63) is 176 Å². The van der Waals surface area contributed by atoms with Crippen LogP contribution in [0.1, 0.15) is 0 Å². The summed E-state index contributed by atoms with van der Waals surface area (Å²) in [6, 6.07) is 61.4. The van der Waals surface area contributed by atoms with Gasteiger partial charge >= 0.3 is 0 Å². The van der Waals surface area contributed by atoms with Crippen molar-refractivity contribution in [1.82, 2.24) is 14.1 Å². The van der Waals surface area contributed by atoms with Gasteiger partial charge in [-0.15, -0.1) is 11.3 Å². The third-order valence-electron chi connectivity index (χ3n) is 10.4. The maximum Gasteiger partial charge on any atom is 0.252 e. The van der Waals surface area contributed by atoms with Crippen molar-refractivity contribution in [2.24, 2.45) is 0 Å². The van der Waals surface area contributed by atoms with Gasteiger partial charge in [-0.25, -0.2) is 4.98 Å². The van der Waals surface area contributed by atoms with Crippen molar-refractivity contribution in [1.29, 1.82) is 0 Å². The summed E-state index contributed by atoms with van der Waals surface area (Å²) in [4.78, 5) is 7.83. The zero-order chi connectivity index (χ0) is 33.5. The van der Waals surface area contributed by atoms with Crippen LogP contribution < -0.4 is 21.3 Å². The minimum Gasteiger partial charge on any atom is -0.296 e. The highest BCUT2D eigenvalue weighted by Crippen LogP contribution is 2.48. The quantitative estimate of drug-likeness (QED) is 0.175. The summed E-state index contributed by atoms with van der Waals surface area (Å²) in [5.74, 6) is 3.16. The summed E-state index contributed by atoms with van der Waals surface area (Å²) in [6.07, 6.45) is 1.99. The van der Waals surface area contributed by atoms with Gasteiger partial charge in [-0.1, -0.05) is 127 Å². The van der Waals surface area contributed by atoms with Gasteiger partial charge in [-0.05, 0) is 70.2 Å². The van der Waals surface area contributed by atoms with Gasteiger partial charge in [0.15, 0.2) is 5.82 Å². The van der Waals surface area contributed by atoms with Gasteiger partial charge in [-0.2, -0.15) is 0 Å². The van der Waals surface area contributed by atoms with Gasteiger partial charge in [0.25, 0.3) is 6.71 Å². The molecule has 6 aromatic carbocycles. The molecule has 4 aromatic heterocycles. The van der Waals surface area contributed by atoms with Crippen LogP contribution in [0.15, 0.2) is 176 Å². The second-order valence-corrected chi connectivity index (χ2v) is 14.2. The Morgan fingerprint density at radius 3 is 1.53 bits per heavy atom. The first kappa shape index (κ1) is 28.5. The topological polar surface area (TPSA) is 26.0 Å². The molecule has 1 aliphatic heterocycles. The molecule has 0 bridgehead atoms. The second kappa shape index (κ2) is 11.1. The van der Waals surface area contributed by atoms with E-state index in [0.29, 0.717) is 0 Å². The van der Waals surface area contributed by atoms with E-state index >= 15 is 0 Å². The number of benzene rings is 6. The number of anilines is 3. The zero-order valence-electron chi connectivity index (χ0n) is 27.5. The predicted octanol–water partition coefficient (Wildman–Crippen LogP) is 9.64. The first-order valence-electron chi connectivity index (χ1n) is 17.4. The van der Waals surface area contributed by atoms with E-state index in [1.807, 2.05) is 17.5 Å². The fraction of sp³-hybridized carbons (Fsp3) is 0. The third-order valence-corrected chi connectivity index (χ3v) is 11.6. The van der Waals surface area contributed by atoms with Crippen LogP contribution in [0.2, 0.25) is 0 Å². The van der Waals surface area contributed by atoms with E-state index in [0.717, 1.165) is 28.8 Å². The lowest BCUT2D eigenvalue weighted by Crippen LogP contribution is -2.57. The third kappa shape index (κ3) is 4.05. The Bertz CT molecular complexity index is 2800. The predicted molar refractivity (Wildman–Crippen MR) is 217 cm³/mol. The number of nitrogens with zero attached hydrogens (tertiary/aromatic N) is 4. The molecule has 0 saturated heterocycles. The first-order valence-corrected chi connectivity index (χ1v) is 18.2. The number of para-hydroxylation sites is 4. The molecule has 0 amide bonds. The molecule has 1 aliphatic rings. The van der Waals surface area contributed by atoms with Crippen molar-refractivity contribution in [3.8, 4) is 11.4 Å². The summed E-state index contributed by atoms with van der Waals surface area (Å²) in [5.41, 5.74) is 8.39. The molecule has 0 atom stereocenters. The maximum atomic E-state index is 5.34. The number of rotatable bonds is 4. The average Bonchev–Trinajstić information content (AvgIpc) is 3.86. The van der Waals surface area contributed by atoms with Crippen molar-refractivity contribution in [2.45, 2.75) is 0 Å². The zero-order valence-corrected chi connectivity index (χ0v) is 28.3. The van der Waals surface area contributed by atoms with E-state index < -0.39 is 0 Å². The van der Waals surface area contributed by atoms with Crippen molar-refractivity contribution in [2.75, 3.05) is 4.90 Å². The summed E-state index contributed by atoms with van der Waals surface area (Å²) in [5, 5.41) is 4.95. The van der Waals surface area contributed by atoms with Gasteiger partial charge in [0.05, 0.1) is 15.7 Å². The molecule has 0 fully saturated rings. The smallest absolute Gasteiger partial charge is 0.252 e. The molecule has 4 nitrogen and oxygen atoms in total. The molecular weight excluding hydrogens is 639 g/mol. The Morgan fingerprint density at radius 2 is 0.941 bits per heavy atom. The largest absolute Gasteiger partial charge is 0.296 e. The Hall–Kier alpha value is -6.37. The molecule has 0 aliphatic carbocycles.